The Kier molecular flexibility index (Phi) is 7.53. The number of nitrogens with zero attached hydrogens (tertiary/aromatic N) is 2. The van der Waals surface area contributed by atoms with Crippen LogP contribution in [0.2, 0.25) is 0 Å². The molecule has 0 aromatic heterocycles. The van der Waals surface area contributed by atoms with Crippen LogP contribution in [-0.2, 0) is 9.59 Å². The number of hydrogen-bond donors (Lipinski definition) is 1. The van der Waals surface area contributed by atoms with Crippen molar-refractivity contribution in [3.63, 3.8) is 0 Å². The molecule has 1 unspecified atom stereocenters. The number of ketones is 1. The van der Waals surface area contributed by atoms with Gasteiger partial charge in [-0.2, -0.15) is 0 Å². The van der Waals surface area contributed by atoms with Crippen molar-refractivity contribution in [3.8, 4) is 11.5 Å². The summed E-state index contributed by atoms with van der Waals surface area (Å²) < 4.78 is 10.7. The molecule has 1 atom stereocenters. The van der Waals surface area contributed by atoms with Gasteiger partial charge in [-0.3, -0.25) is 9.59 Å². The van der Waals surface area contributed by atoms with Gasteiger partial charge in [0.25, 0.3) is 11.7 Å². The van der Waals surface area contributed by atoms with Crippen molar-refractivity contribution in [2.24, 2.45) is 0 Å². The number of methoxy groups -OCH3 is 2. The first-order valence-corrected chi connectivity index (χ1v) is 10.7. The second-order valence-corrected chi connectivity index (χ2v) is 7.50. The topological polar surface area (TPSA) is 79.3 Å². The first-order valence-electron chi connectivity index (χ1n) is 10.7. The van der Waals surface area contributed by atoms with Crippen molar-refractivity contribution in [2.75, 3.05) is 40.4 Å². The highest BCUT2D eigenvalue weighted by Crippen LogP contribution is 2.41. The van der Waals surface area contributed by atoms with Crippen LogP contribution in [0.15, 0.2) is 54.1 Å². The third-order valence-electron chi connectivity index (χ3n) is 5.86. The molecule has 32 heavy (non-hydrogen) atoms. The summed E-state index contributed by atoms with van der Waals surface area (Å²) in [5, 5.41) is 11.2. The van der Waals surface area contributed by atoms with Gasteiger partial charge in [-0.25, -0.2) is 0 Å². The first-order chi connectivity index (χ1) is 15.5. The summed E-state index contributed by atoms with van der Waals surface area (Å²) >= 11 is 0. The lowest BCUT2D eigenvalue weighted by Gasteiger charge is -2.28. The zero-order chi connectivity index (χ0) is 23.3. The predicted molar refractivity (Wildman–Crippen MR) is 123 cm³/mol. The number of amides is 1. The van der Waals surface area contributed by atoms with E-state index in [4.69, 9.17) is 9.47 Å². The highest BCUT2D eigenvalue weighted by atomic mass is 16.5. The normalized spacial score (nSPS) is 17.8. The highest BCUT2D eigenvalue weighted by molar-refractivity contribution is 6.46. The van der Waals surface area contributed by atoms with Gasteiger partial charge in [0.2, 0.25) is 0 Å². The van der Waals surface area contributed by atoms with E-state index in [2.05, 4.69) is 18.7 Å². The van der Waals surface area contributed by atoms with Gasteiger partial charge in [0.15, 0.2) is 0 Å². The van der Waals surface area contributed by atoms with E-state index >= 15 is 0 Å². The number of aliphatic hydroxyl groups is 1. The van der Waals surface area contributed by atoms with Crippen molar-refractivity contribution in [3.05, 3.63) is 65.2 Å². The van der Waals surface area contributed by atoms with Crippen molar-refractivity contribution in [1.29, 1.82) is 0 Å². The molecule has 0 spiro atoms. The Labute approximate surface area is 188 Å². The third-order valence-corrected chi connectivity index (χ3v) is 5.86. The van der Waals surface area contributed by atoms with Crippen LogP contribution in [0.25, 0.3) is 5.76 Å². The molecule has 7 nitrogen and oxygen atoms in total. The van der Waals surface area contributed by atoms with E-state index in [0.717, 1.165) is 13.1 Å². The predicted octanol–water partition coefficient (Wildman–Crippen LogP) is 3.47. The molecule has 3 rings (SSSR count). The molecule has 1 aliphatic heterocycles. The first kappa shape index (κ1) is 23.3. The highest BCUT2D eigenvalue weighted by Gasteiger charge is 2.46. The Bertz CT molecular complexity index is 1010. The van der Waals surface area contributed by atoms with Gasteiger partial charge < -0.3 is 24.4 Å². The summed E-state index contributed by atoms with van der Waals surface area (Å²) in [6.45, 7) is 6.76. The lowest BCUT2D eigenvalue weighted by atomic mass is 9.95. The Morgan fingerprint density at radius 3 is 2.41 bits per heavy atom. The minimum absolute atomic E-state index is 0.0484. The van der Waals surface area contributed by atoms with Gasteiger partial charge in [0.1, 0.15) is 17.3 Å². The Morgan fingerprint density at radius 2 is 1.75 bits per heavy atom. The molecule has 0 saturated carbocycles. The van der Waals surface area contributed by atoms with E-state index in [-0.39, 0.29) is 11.3 Å². The number of carbonyl (C=O) groups is 2. The molecule has 2 aromatic rings. The van der Waals surface area contributed by atoms with Crippen LogP contribution in [0.5, 0.6) is 11.5 Å². The molecule has 0 aliphatic carbocycles. The average molecular weight is 439 g/mol. The van der Waals surface area contributed by atoms with E-state index < -0.39 is 17.7 Å². The molecule has 1 amide bonds. The van der Waals surface area contributed by atoms with E-state index in [9.17, 15) is 14.7 Å². The minimum Gasteiger partial charge on any atom is -0.507 e. The average Bonchev–Trinajstić information content (AvgIpc) is 3.09. The summed E-state index contributed by atoms with van der Waals surface area (Å²) in [7, 11) is 3.06. The number of benzene rings is 2. The quantitative estimate of drug-likeness (QED) is 0.367. The van der Waals surface area contributed by atoms with Crippen LogP contribution in [0.1, 0.15) is 31.0 Å². The standard InChI is InChI=1S/C25H30N2O5/c1-5-26(6-2)14-15-27-22(17-10-9-11-18(16-17)31-3)21(24(29)25(27)30)23(28)19-12-7-8-13-20(19)32-4/h7-13,16,22,28H,5-6,14-15H2,1-4H3/b23-21-. The van der Waals surface area contributed by atoms with Crippen molar-refractivity contribution < 1.29 is 24.2 Å². The molecule has 0 radical (unpaired) electrons. The van der Waals surface area contributed by atoms with Gasteiger partial charge in [-0.15, -0.1) is 0 Å². The summed E-state index contributed by atoms with van der Waals surface area (Å²) in [5.74, 6) is -0.556. The molecule has 1 N–H and O–H groups in total. The zero-order valence-corrected chi connectivity index (χ0v) is 19.0. The molecule has 1 heterocycles. The number of aliphatic hydroxyl groups excluding tert-OH is 1. The van der Waals surface area contributed by atoms with Crippen LogP contribution in [0.4, 0.5) is 0 Å². The summed E-state index contributed by atoms with van der Waals surface area (Å²) in [6, 6.07) is 13.4. The molecule has 2 aromatic carbocycles. The van der Waals surface area contributed by atoms with Crippen molar-refractivity contribution in [2.45, 2.75) is 19.9 Å². The second-order valence-electron chi connectivity index (χ2n) is 7.50. The SMILES string of the molecule is CCN(CC)CCN1C(=O)C(=O)/C(=C(\O)c2ccccc2OC)C1c1cccc(OC)c1. The number of rotatable bonds is 9. The van der Waals surface area contributed by atoms with Crippen molar-refractivity contribution in [1.82, 2.24) is 9.80 Å². The number of likely N-dealkylation sites (tertiary alicyclic amines) is 1. The summed E-state index contributed by atoms with van der Waals surface area (Å²) in [4.78, 5) is 30.0. The number of likely N-dealkylation sites (N-methyl/N-ethyl adjacent to an activating group) is 1. The fourth-order valence-electron chi connectivity index (χ4n) is 4.04. The molecule has 1 fully saturated rings. The fourth-order valence-corrected chi connectivity index (χ4v) is 4.04. The van der Waals surface area contributed by atoms with Gasteiger partial charge in [0, 0.05) is 13.1 Å². The largest absolute Gasteiger partial charge is 0.507 e. The fraction of sp³-hybridized carbons (Fsp3) is 0.360. The number of Topliss-reactive ketones (excluding diaryl/α,β-unsaturated/α-hetero) is 1. The molecule has 1 saturated heterocycles. The van der Waals surface area contributed by atoms with E-state index in [1.807, 2.05) is 12.1 Å². The van der Waals surface area contributed by atoms with Crippen molar-refractivity contribution >= 4 is 17.4 Å². The number of ether oxygens (including phenoxy) is 2. The number of para-hydroxylation sites is 1. The Balaban J connectivity index is 2.15. The maximum atomic E-state index is 13.2. The van der Waals surface area contributed by atoms with Gasteiger partial charge in [-0.05, 0) is 42.9 Å². The molecule has 7 heteroatoms. The zero-order valence-electron chi connectivity index (χ0n) is 19.0. The second kappa shape index (κ2) is 10.3. The van der Waals surface area contributed by atoms with Crippen LogP contribution in [-0.4, -0.2) is 67.0 Å². The third kappa shape index (κ3) is 4.48. The lowest BCUT2D eigenvalue weighted by molar-refractivity contribution is -0.140. The molecular weight excluding hydrogens is 408 g/mol. The summed E-state index contributed by atoms with van der Waals surface area (Å²) in [6.07, 6.45) is 0. The molecule has 170 valence electrons. The minimum atomic E-state index is -0.731. The van der Waals surface area contributed by atoms with Gasteiger partial charge >= 0.3 is 0 Å². The maximum Gasteiger partial charge on any atom is 0.295 e. The van der Waals surface area contributed by atoms with Crippen LogP contribution in [0.3, 0.4) is 0 Å². The molecule has 1 aliphatic rings. The molecular formula is C25H30N2O5. The van der Waals surface area contributed by atoms with Gasteiger partial charge in [0.05, 0.1) is 31.4 Å². The van der Waals surface area contributed by atoms with Crippen LogP contribution < -0.4 is 9.47 Å². The van der Waals surface area contributed by atoms with Gasteiger partial charge in [-0.1, -0.05) is 38.1 Å². The van der Waals surface area contributed by atoms with Crippen LogP contribution >= 0.6 is 0 Å². The Morgan fingerprint density at radius 1 is 1.03 bits per heavy atom. The molecule has 0 bridgehead atoms. The van der Waals surface area contributed by atoms with E-state index in [1.54, 1.807) is 43.5 Å². The lowest BCUT2D eigenvalue weighted by Crippen LogP contribution is -2.38. The van der Waals surface area contributed by atoms with E-state index in [1.165, 1.54) is 12.0 Å². The monoisotopic (exact) mass is 438 g/mol. The maximum absolute atomic E-state index is 13.2. The number of hydrogen-bond acceptors (Lipinski definition) is 6. The number of carbonyl (C=O) groups excluding carboxylic acids is 2. The van der Waals surface area contributed by atoms with E-state index in [0.29, 0.717) is 35.7 Å². The summed E-state index contributed by atoms with van der Waals surface area (Å²) in [5.41, 5.74) is 1.11. The Hall–Kier alpha value is -3.32. The smallest absolute Gasteiger partial charge is 0.295 e. The van der Waals surface area contributed by atoms with Crippen LogP contribution in [0, 0.1) is 0 Å².